The van der Waals surface area contributed by atoms with Crippen molar-refractivity contribution in [1.29, 1.82) is 0 Å². The molecule has 1 atom stereocenters. The van der Waals surface area contributed by atoms with Crippen molar-refractivity contribution in [2.75, 3.05) is 6.54 Å². The molecule has 4 nitrogen and oxygen atoms in total. The largest absolute Gasteiger partial charge is 0.298 e. The minimum absolute atomic E-state index is 0.00106. The summed E-state index contributed by atoms with van der Waals surface area (Å²) in [6.45, 7) is 7.80. The summed E-state index contributed by atoms with van der Waals surface area (Å²) in [6.07, 6.45) is 0.470. The highest BCUT2D eigenvalue weighted by Gasteiger charge is 2.41. The van der Waals surface area contributed by atoms with E-state index in [9.17, 15) is 9.59 Å². The van der Waals surface area contributed by atoms with E-state index >= 15 is 0 Å². The molecule has 0 saturated carbocycles. The van der Waals surface area contributed by atoms with Gasteiger partial charge in [0, 0.05) is 12.0 Å². The molecular weight excluding hydrogens is 180 g/mol. The van der Waals surface area contributed by atoms with Crippen molar-refractivity contribution in [2.24, 2.45) is 5.92 Å². The Balaban J connectivity index is 2.68. The van der Waals surface area contributed by atoms with Crippen LogP contribution in [0, 0.1) is 5.92 Å². The molecule has 1 unspecified atom stereocenters. The average Bonchev–Trinajstić information content (AvgIpc) is 2.27. The van der Waals surface area contributed by atoms with Crippen molar-refractivity contribution in [3.05, 3.63) is 0 Å². The van der Waals surface area contributed by atoms with Crippen LogP contribution in [0.15, 0.2) is 0 Å². The summed E-state index contributed by atoms with van der Waals surface area (Å²) in [5.74, 6) is 0.374. The topological polar surface area (TPSA) is 49.4 Å². The number of carbonyl (C=O) groups excluding carboxylic acids is 2. The van der Waals surface area contributed by atoms with Crippen LogP contribution in [-0.2, 0) is 9.59 Å². The van der Waals surface area contributed by atoms with Crippen LogP contribution < -0.4 is 5.43 Å². The van der Waals surface area contributed by atoms with Crippen molar-refractivity contribution in [2.45, 2.75) is 39.7 Å². The van der Waals surface area contributed by atoms with Crippen molar-refractivity contribution in [3.63, 3.8) is 0 Å². The molecule has 1 saturated heterocycles. The van der Waals surface area contributed by atoms with Gasteiger partial charge >= 0.3 is 0 Å². The number of rotatable bonds is 3. The first kappa shape index (κ1) is 11.2. The molecule has 0 aromatic carbocycles. The second kappa shape index (κ2) is 3.69. The maximum absolute atomic E-state index is 11.5. The van der Waals surface area contributed by atoms with Crippen LogP contribution in [0.4, 0.5) is 0 Å². The smallest absolute Gasteiger partial charge is 0.239 e. The normalized spacial score (nSPS) is 27.5. The lowest BCUT2D eigenvalue weighted by atomic mass is 9.87. The summed E-state index contributed by atoms with van der Waals surface area (Å²) < 4.78 is 0. The zero-order valence-electron chi connectivity index (χ0n) is 9.26. The van der Waals surface area contributed by atoms with Crippen LogP contribution in [0.5, 0.6) is 0 Å². The Morgan fingerprint density at radius 1 is 1.64 bits per heavy atom. The molecule has 0 bridgehead atoms. The Morgan fingerprint density at radius 2 is 2.21 bits per heavy atom. The molecule has 1 N–H and O–H groups in total. The minimum Gasteiger partial charge on any atom is -0.298 e. The first-order valence-electron chi connectivity index (χ1n) is 4.93. The number of nitrogens with one attached hydrogen (secondary N) is 1. The number of carbonyl (C=O) groups is 2. The standard InChI is InChI=1S/C10H18N2O2/c1-7(2)10(4)5-9(14)12(11-10)6-8(3)13/h7,11H,5-6H2,1-4H3. The zero-order valence-corrected chi connectivity index (χ0v) is 9.26. The summed E-state index contributed by atoms with van der Waals surface area (Å²) in [4.78, 5) is 22.4. The third-order valence-electron chi connectivity index (χ3n) is 2.86. The molecule has 1 aliphatic rings. The number of hydrogen-bond acceptors (Lipinski definition) is 3. The van der Waals surface area contributed by atoms with Gasteiger partial charge in [0.1, 0.15) is 0 Å². The van der Waals surface area contributed by atoms with E-state index in [2.05, 4.69) is 19.3 Å². The molecule has 0 aromatic rings. The van der Waals surface area contributed by atoms with Gasteiger partial charge in [-0.05, 0) is 19.8 Å². The Morgan fingerprint density at radius 3 is 2.57 bits per heavy atom. The van der Waals surface area contributed by atoms with Crippen molar-refractivity contribution < 1.29 is 9.59 Å². The molecule has 1 rings (SSSR count). The van der Waals surface area contributed by atoms with Crippen molar-refractivity contribution in [1.82, 2.24) is 10.4 Å². The lowest BCUT2D eigenvalue weighted by molar-refractivity contribution is -0.133. The Bertz CT molecular complexity index is 263. The second-order valence-corrected chi connectivity index (χ2v) is 4.54. The van der Waals surface area contributed by atoms with Gasteiger partial charge in [-0.2, -0.15) is 0 Å². The first-order chi connectivity index (χ1) is 6.35. The lowest BCUT2D eigenvalue weighted by Gasteiger charge is -2.29. The monoisotopic (exact) mass is 198 g/mol. The van der Waals surface area contributed by atoms with E-state index in [0.717, 1.165) is 0 Å². The molecule has 0 aromatic heterocycles. The van der Waals surface area contributed by atoms with Crippen LogP contribution in [0.2, 0.25) is 0 Å². The van der Waals surface area contributed by atoms with Gasteiger partial charge in [-0.1, -0.05) is 13.8 Å². The molecule has 1 fully saturated rings. The van der Waals surface area contributed by atoms with Gasteiger partial charge in [-0.25, -0.2) is 5.43 Å². The summed E-state index contributed by atoms with van der Waals surface area (Å²) in [5.41, 5.74) is 2.91. The van der Waals surface area contributed by atoms with Crippen LogP contribution in [0.3, 0.4) is 0 Å². The molecule has 14 heavy (non-hydrogen) atoms. The summed E-state index contributed by atoms with van der Waals surface area (Å²) in [7, 11) is 0. The van der Waals surface area contributed by atoms with E-state index in [4.69, 9.17) is 0 Å². The fourth-order valence-corrected chi connectivity index (χ4v) is 1.50. The van der Waals surface area contributed by atoms with E-state index < -0.39 is 0 Å². The first-order valence-corrected chi connectivity index (χ1v) is 4.93. The SMILES string of the molecule is CC(=O)CN1NC(C)(C(C)C)CC1=O. The van der Waals surface area contributed by atoms with E-state index in [1.165, 1.54) is 11.9 Å². The number of hydrogen-bond donors (Lipinski definition) is 1. The highest BCUT2D eigenvalue weighted by Crippen LogP contribution is 2.26. The zero-order chi connectivity index (χ0) is 10.9. The van der Waals surface area contributed by atoms with Gasteiger partial charge in [0.25, 0.3) is 0 Å². The fraction of sp³-hybridized carbons (Fsp3) is 0.800. The molecule has 0 radical (unpaired) electrons. The predicted octanol–water partition coefficient (Wildman–Crippen LogP) is 0.727. The molecular formula is C10H18N2O2. The van der Waals surface area contributed by atoms with Crippen molar-refractivity contribution in [3.8, 4) is 0 Å². The quantitative estimate of drug-likeness (QED) is 0.727. The van der Waals surface area contributed by atoms with Crippen LogP contribution in [-0.4, -0.2) is 28.8 Å². The van der Waals surface area contributed by atoms with E-state index in [1.807, 2.05) is 6.92 Å². The molecule has 80 valence electrons. The van der Waals surface area contributed by atoms with Crippen LogP contribution in [0.1, 0.15) is 34.1 Å². The molecule has 4 heteroatoms. The van der Waals surface area contributed by atoms with E-state index in [0.29, 0.717) is 12.3 Å². The summed E-state index contributed by atoms with van der Waals surface area (Å²) in [6, 6.07) is 0. The number of ketones is 1. The van der Waals surface area contributed by atoms with Gasteiger partial charge in [0.2, 0.25) is 5.91 Å². The Labute approximate surface area is 84.6 Å². The molecule has 1 amide bonds. The lowest BCUT2D eigenvalue weighted by Crippen LogP contribution is -2.48. The Hall–Kier alpha value is -0.900. The molecule has 1 heterocycles. The second-order valence-electron chi connectivity index (χ2n) is 4.54. The fourth-order valence-electron chi connectivity index (χ4n) is 1.50. The number of Topliss-reactive ketones (excluding diaryl/α,β-unsaturated/α-hetero) is 1. The summed E-state index contributed by atoms with van der Waals surface area (Å²) in [5, 5.41) is 1.43. The van der Waals surface area contributed by atoms with Crippen molar-refractivity contribution >= 4 is 11.7 Å². The van der Waals surface area contributed by atoms with Gasteiger partial charge in [0.05, 0.1) is 6.54 Å². The maximum atomic E-state index is 11.5. The minimum atomic E-state index is -0.202. The highest BCUT2D eigenvalue weighted by atomic mass is 16.2. The van der Waals surface area contributed by atoms with Crippen LogP contribution in [0.25, 0.3) is 0 Å². The van der Waals surface area contributed by atoms with Gasteiger partial charge in [0.15, 0.2) is 5.78 Å². The number of hydrazine groups is 1. The molecule has 1 aliphatic heterocycles. The Kier molecular flexibility index (Phi) is 2.95. The maximum Gasteiger partial charge on any atom is 0.239 e. The number of amides is 1. The van der Waals surface area contributed by atoms with Gasteiger partial charge in [-0.15, -0.1) is 0 Å². The third-order valence-corrected chi connectivity index (χ3v) is 2.86. The average molecular weight is 198 g/mol. The van der Waals surface area contributed by atoms with E-state index in [1.54, 1.807) is 0 Å². The third kappa shape index (κ3) is 2.12. The number of nitrogens with zero attached hydrogens (tertiary/aromatic N) is 1. The van der Waals surface area contributed by atoms with Gasteiger partial charge < -0.3 is 0 Å². The molecule has 0 spiro atoms. The predicted molar refractivity (Wildman–Crippen MR) is 53.4 cm³/mol. The summed E-state index contributed by atoms with van der Waals surface area (Å²) >= 11 is 0. The highest BCUT2D eigenvalue weighted by molar-refractivity contribution is 5.86. The van der Waals surface area contributed by atoms with Crippen LogP contribution >= 0.6 is 0 Å². The molecule has 0 aliphatic carbocycles. The van der Waals surface area contributed by atoms with E-state index in [-0.39, 0.29) is 23.8 Å². The van der Waals surface area contributed by atoms with Gasteiger partial charge in [-0.3, -0.25) is 14.6 Å².